The Morgan fingerprint density at radius 3 is 2.73 bits per heavy atom. The maximum Gasteiger partial charge on any atom is 0.408 e. The van der Waals surface area contributed by atoms with E-state index in [-0.39, 0.29) is 19.1 Å². The van der Waals surface area contributed by atoms with Crippen molar-refractivity contribution in [3.63, 3.8) is 0 Å². The van der Waals surface area contributed by atoms with E-state index in [1.807, 2.05) is 30.3 Å². The van der Waals surface area contributed by atoms with E-state index in [0.717, 1.165) is 5.56 Å². The van der Waals surface area contributed by atoms with Crippen molar-refractivity contribution in [1.82, 2.24) is 10.2 Å². The Morgan fingerprint density at radius 1 is 1.32 bits per heavy atom. The smallest absolute Gasteiger partial charge is 0.408 e. The maximum absolute atomic E-state index is 12.1. The Hall–Kier alpha value is -2.57. The summed E-state index contributed by atoms with van der Waals surface area (Å²) < 4.78 is 5.06. The number of likely N-dealkylation sites (tertiary alicyclic amines) is 1. The number of aliphatic carboxylic acids is 1. The summed E-state index contributed by atoms with van der Waals surface area (Å²) in [4.78, 5) is 35.7. The Kier molecular flexibility index (Phi) is 5.35. The monoisotopic (exact) mass is 306 g/mol. The van der Waals surface area contributed by atoms with Crippen molar-refractivity contribution < 1.29 is 24.2 Å². The molecular formula is C15H18N2O5. The predicted molar refractivity (Wildman–Crippen MR) is 77.0 cm³/mol. The largest absolute Gasteiger partial charge is 0.480 e. The molecule has 0 saturated carbocycles. The van der Waals surface area contributed by atoms with Gasteiger partial charge in [-0.3, -0.25) is 9.59 Å². The van der Waals surface area contributed by atoms with E-state index in [1.165, 1.54) is 4.90 Å². The van der Waals surface area contributed by atoms with Gasteiger partial charge in [0.25, 0.3) is 0 Å². The Labute approximate surface area is 127 Å². The lowest BCUT2D eigenvalue weighted by Gasteiger charge is -2.31. The topological polar surface area (TPSA) is 95.9 Å². The number of rotatable bonds is 5. The molecule has 1 atom stereocenters. The van der Waals surface area contributed by atoms with Crippen LogP contribution in [0.1, 0.15) is 18.4 Å². The first-order valence-corrected chi connectivity index (χ1v) is 7.04. The van der Waals surface area contributed by atoms with Crippen LogP contribution in [-0.4, -0.2) is 47.1 Å². The van der Waals surface area contributed by atoms with Crippen molar-refractivity contribution in [2.45, 2.75) is 25.5 Å². The Morgan fingerprint density at radius 2 is 2.05 bits per heavy atom. The van der Waals surface area contributed by atoms with Gasteiger partial charge in [-0.05, 0) is 18.4 Å². The molecule has 0 radical (unpaired) electrons. The van der Waals surface area contributed by atoms with Gasteiger partial charge in [0.2, 0.25) is 5.91 Å². The average Bonchev–Trinajstić information content (AvgIpc) is 2.50. The van der Waals surface area contributed by atoms with E-state index in [2.05, 4.69) is 5.32 Å². The third-order valence-corrected chi connectivity index (χ3v) is 3.36. The van der Waals surface area contributed by atoms with Crippen LogP contribution in [-0.2, 0) is 20.9 Å². The second-order valence-corrected chi connectivity index (χ2v) is 5.05. The molecule has 0 spiro atoms. The first-order valence-electron chi connectivity index (χ1n) is 7.04. The molecular weight excluding hydrogens is 288 g/mol. The maximum atomic E-state index is 12.1. The fraction of sp³-hybridized carbons (Fsp3) is 0.400. The molecule has 7 heteroatoms. The highest BCUT2D eigenvalue weighted by molar-refractivity contribution is 5.88. The highest BCUT2D eigenvalue weighted by Crippen LogP contribution is 2.12. The van der Waals surface area contributed by atoms with Gasteiger partial charge in [-0.1, -0.05) is 30.3 Å². The molecule has 0 unspecified atom stereocenters. The number of hydrogen-bond donors (Lipinski definition) is 2. The van der Waals surface area contributed by atoms with Crippen LogP contribution >= 0.6 is 0 Å². The summed E-state index contributed by atoms with van der Waals surface area (Å²) >= 11 is 0. The lowest BCUT2D eigenvalue weighted by atomic mass is 10.1. The van der Waals surface area contributed by atoms with Gasteiger partial charge in [0.15, 0.2) is 0 Å². The van der Waals surface area contributed by atoms with Crippen molar-refractivity contribution in [2.75, 3.05) is 13.1 Å². The van der Waals surface area contributed by atoms with Gasteiger partial charge in [-0.25, -0.2) is 4.79 Å². The number of carboxylic acids is 1. The number of carbonyl (C=O) groups excluding carboxylic acids is 2. The number of amides is 2. The summed E-state index contributed by atoms with van der Waals surface area (Å²) in [6.07, 6.45) is 0.442. The summed E-state index contributed by atoms with van der Waals surface area (Å²) in [7, 11) is 0. The number of carboxylic acid groups (broad SMARTS) is 1. The molecule has 1 aromatic rings. The normalized spacial score (nSPS) is 17.9. The van der Waals surface area contributed by atoms with Gasteiger partial charge in [0, 0.05) is 6.54 Å². The van der Waals surface area contributed by atoms with E-state index in [4.69, 9.17) is 9.84 Å². The molecule has 1 fully saturated rings. The highest BCUT2D eigenvalue weighted by Gasteiger charge is 2.31. The van der Waals surface area contributed by atoms with Crippen LogP contribution in [0.2, 0.25) is 0 Å². The molecule has 2 amide bonds. The van der Waals surface area contributed by atoms with Crippen LogP contribution in [0.4, 0.5) is 4.79 Å². The second-order valence-electron chi connectivity index (χ2n) is 5.05. The molecule has 1 aromatic carbocycles. The van der Waals surface area contributed by atoms with Gasteiger partial charge in [0.1, 0.15) is 19.2 Å². The molecule has 1 aliphatic rings. The fourth-order valence-corrected chi connectivity index (χ4v) is 2.30. The predicted octanol–water partition coefficient (Wildman–Crippen LogP) is 0.988. The number of hydrogen-bond acceptors (Lipinski definition) is 4. The summed E-state index contributed by atoms with van der Waals surface area (Å²) in [6.45, 7) is 0.158. The molecule has 118 valence electrons. The minimum Gasteiger partial charge on any atom is -0.480 e. The van der Waals surface area contributed by atoms with E-state index in [0.29, 0.717) is 19.4 Å². The van der Waals surface area contributed by atoms with Gasteiger partial charge in [0.05, 0.1) is 0 Å². The summed E-state index contributed by atoms with van der Waals surface area (Å²) in [5.41, 5.74) is 0.847. The molecule has 2 rings (SSSR count). The van der Waals surface area contributed by atoms with Crippen LogP contribution in [0.25, 0.3) is 0 Å². The van der Waals surface area contributed by atoms with E-state index in [1.54, 1.807) is 0 Å². The lowest BCUT2D eigenvalue weighted by molar-refractivity contribution is -0.146. The Balaban J connectivity index is 1.82. The zero-order valence-corrected chi connectivity index (χ0v) is 12.0. The molecule has 22 heavy (non-hydrogen) atoms. The summed E-state index contributed by atoms with van der Waals surface area (Å²) in [5, 5.41) is 11.3. The number of nitrogens with zero attached hydrogens (tertiary/aromatic N) is 1. The first-order chi connectivity index (χ1) is 10.6. The molecule has 0 bridgehead atoms. The van der Waals surface area contributed by atoms with Crippen molar-refractivity contribution >= 4 is 18.0 Å². The van der Waals surface area contributed by atoms with Gasteiger partial charge >= 0.3 is 12.1 Å². The lowest BCUT2D eigenvalue weighted by Crippen LogP contribution is -2.53. The number of nitrogens with one attached hydrogen (secondary N) is 1. The molecule has 0 aliphatic carbocycles. The van der Waals surface area contributed by atoms with Crippen molar-refractivity contribution in [2.24, 2.45) is 0 Å². The van der Waals surface area contributed by atoms with Crippen LogP contribution in [0.15, 0.2) is 30.3 Å². The number of piperidine rings is 1. The SMILES string of the molecule is O=C(O)CN1CCC[C@@H](NC(=O)OCc2ccccc2)C1=O. The van der Waals surface area contributed by atoms with Gasteiger partial charge in [-0.2, -0.15) is 0 Å². The number of alkyl carbamates (subject to hydrolysis) is 1. The highest BCUT2D eigenvalue weighted by atomic mass is 16.5. The number of benzene rings is 1. The van der Waals surface area contributed by atoms with E-state index in [9.17, 15) is 14.4 Å². The fourth-order valence-electron chi connectivity index (χ4n) is 2.30. The van der Waals surface area contributed by atoms with Crippen LogP contribution in [0, 0.1) is 0 Å². The quantitative estimate of drug-likeness (QED) is 0.845. The van der Waals surface area contributed by atoms with Crippen LogP contribution < -0.4 is 5.32 Å². The number of carbonyl (C=O) groups is 3. The van der Waals surface area contributed by atoms with E-state index < -0.39 is 18.1 Å². The zero-order valence-electron chi connectivity index (χ0n) is 12.0. The Bertz CT molecular complexity index is 546. The molecule has 7 nitrogen and oxygen atoms in total. The minimum atomic E-state index is -1.07. The van der Waals surface area contributed by atoms with Gasteiger partial charge < -0.3 is 20.1 Å². The van der Waals surface area contributed by atoms with Crippen molar-refractivity contribution in [3.05, 3.63) is 35.9 Å². The minimum absolute atomic E-state index is 0.117. The summed E-state index contributed by atoms with van der Waals surface area (Å²) in [5.74, 6) is -1.45. The van der Waals surface area contributed by atoms with Crippen LogP contribution in [0.5, 0.6) is 0 Å². The van der Waals surface area contributed by atoms with Crippen molar-refractivity contribution in [1.29, 1.82) is 0 Å². The standard InChI is InChI=1S/C15H18N2O5/c18-13(19)9-17-8-4-7-12(14(17)20)16-15(21)22-10-11-5-2-1-3-6-11/h1-3,5-6,12H,4,7-10H2,(H,16,21)(H,18,19)/t12-/m1/s1. The zero-order chi connectivity index (χ0) is 15.9. The first kappa shape index (κ1) is 15.8. The van der Waals surface area contributed by atoms with E-state index >= 15 is 0 Å². The van der Waals surface area contributed by atoms with Crippen LogP contribution in [0.3, 0.4) is 0 Å². The third kappa shape index (κ3) is 4.47. The third-order valence-electron chi connectivity index (χ3n) is 3.36. The van der Waals surface area contributed by atoms with Crippen molar-refractivity contribution in [3.8, 4) is 0 Å². The average molecular weight is 306 g/mol. The molecule has 1 aliphatic heterocycles. The van der Waals surface area contributed by atoms with Gasteiger partial charge in [-0.15, -0.1) is 0 Å². The summed E-state index contributed by atoms with van der Waals surface area (Å²) in [6, 6.07) is 8.47. The number of ether oxygens (including phenoxy) is 1. The molecule has 0 aromatic heterocycles. The molecule has 1 saturated heterocycles. The molecule has 1 heterocycles. The second kappa shape index (κ2) is 7.44. The molecule has 2 N–H and O–H groups in total.